The van der Waals surface area contributed by atoms with Gasteiger partial charge < -0.3 is 8.40 Å². The van der Waals surface area contributed by atoms with Gasteiger partial charge in [0.15, 0.2) is 6.61 Å². The summed E-state index contributed by atoms with van der Waals surface area (Å²) in [5, 5.41) is 3.69. The smallest absolute Gasteiger partial charge is 0.406 e. The van der Waals surface area contributed by atoms with E-state index in [1.54, 1.807) is 0 Å². The highest BCUT2D eigenvalue weighted by molar-refractivity contribution is 6.05. The van der Waals surface area contributed by atoms with E-state index in [4.69, 9.17) is 11.2 Å². The van der Waals surface area contributed by atoms with E-state index in [1.807, 2.05) is 0 Å². The molecule has 0 aliphatic heterocycles. The van der Waals surface area contributed by atoms with Crippen LogP contribution in [0.15, 0.2) is 9.59 Å². The van der Waals surface area contributed by atoms with Crippen molar-refractivity contribution in [1.29, 1.82) is 0 Å². The summed E-state index contributed by atoms with van der Waals surface area (Å²) < 4.78 is 6.97. The first-order valence-electron chi connectivity index (χ1n) is 3.78. The maximum atomic E-state index is 11.4. The molecule has 72 valence electrons. The molecule has 0 radical (unpaired) electrons. The molecule has 1 heterocycles. The Labute approximate surface area is 87.8 Å². The maximum Gasteiger partial charge on any atom is 0.406 e. The SMILES string of the molecule is C#CCOc1n[n]([AlH2])c(=O)n(C)c1=O. The van der Waals surface area contributed by atoms with Gasteiger partial charge in [-0.3, -0.25) is 9.36 Å². The molecule has 0 N–H and O–H groups in total. The second-order valence-electron chi connectivity index (χ2n) is 2.57. The van der Waals surface area contributed by atoms with Crippen LogP contribution in [0.3, 0.4) is 0 Å². The Kier molecular flexibility index (Phi) is 3.13. The molecule has 0 saturated carbocycles. The number of aromatic nitrogens is 3. The zero-order valence-corrected chi connectivity index (χ0v) is 9.85. The summed E-state index contributed by atoms with van der Waals surface area (Å²) in [6.45, 7) is -0.0397. The van der Waals surface area contributed by atoms with E-state index in [2.05, 4.69) is 11.0 Å². The topological polar surface area (TPSA) is 66.1 Å². The van der Waals surface area contributed by atoms with Gasteiger partial charge in [-0.05, 0) is 0 Å². The molecule has 0 unspecified atom stereocenters. The molecule has 14 heavy (non-hydrogen) atoms. The summed E-state index contributed by atoms with van der Waals surface area (Å²) in [5.41, 5.74) is -1.02. The quantitative estimate of drug-likeness (QED) is 0.394. The molecule has 6 nitrogen and oxygen atoms in total. The number of hydrogen-bond donors (Lipinski definition) is 0. The molecule has 1 aromatic rings. The molecule has 0 bridgehead atoms. The number of hydrogen-bond acceptors (Lipinski definition) is 4. The molecule has 0 atom stereocenters. The van der Waals surface area contributed by atoms with Crippen molar-refractivity contribution in [2.45, 2.75) is 0 Å². The second-order valence-corrected chi connectivity index (χ2v) is 3.42. The predicted octanol–water partition coefficient (Wildman–Crippen LogP) is -2.65. The Bertz CT molecular complexity index is 496. The molecule has 0 spiro atoms. The molecule has 1 rings (SSSR count). The van der Waals surface area contributed by atoms with Crippen LogP contribution in [0.25, 0.3) is 0 Å². The van der Waals surface area contributed by atoms with Crippen molar-refractivity contribution in [3.8, 4) is 18.2 Å². The molecule has 0 saturated heterocycles. The molecular weight excluding hydrogens is 201 g/mol. The lowest BCUT2D eigenvalue weighted by Gasteiger charge is -2.05. The lowest BCUT2D eigenvalue weighted by atomic mass is 10.7. The number of rotatable bonds is 2. The third-order valence-corrected chi connectivity index (χ3v) is 2.17. The van der Waals surface area contributed by atoms with Gasteiger partial charge >= 0.3 is 27.8 Å². The summed E-state index contributed by atoms with van der Waals surface area (Å²) in [6.07, 6.45) is 4.96. The number of nitrogens with zero attached hydrogens (tertiary/aromatic N) is 3. The van der Waals surface area contributed by atoms with Gasteiger partial charge in [-0.2, -0.15) is 5.10 Å². The van der Waals surface area contributed by atoms with Crippen LogP contribution in [0.1, 0.15) is 0 Å². The largest absolute Gasteiger partial charge is 0.460 e. The maximum absolute atomic E-state index is 11.4. The normalized spacial score (nSPS) is 9.43. The summed E-state index contributed by atoms with van der Waals surface area (Å²) in [6, 6.07) is 0. The van der Waals surface area contributed by atoms with E-state index >= 15 is 0 Å². The first-order chi connectivity index (χ1) is 6.57. The number of ether oxygens (including phenoxy) is 1. The van der Waals surface area contributed by atoms with Gasteiger partial charge in [-0.1, -0.05) is 5.92 Å². The zero-order chi connectivity index (χ0) is 10.7. The van der Waals surface area contributed by atoms with Gasteiger partial charge in [0.2, 0.25) is 0 Å². The first-order valence-corrected chi connectivity index (χ1v) is 4.68. The van der Waals surface area contributed by atoms with E-state index in [1.165, 1.54) is 7.05 Å². The lowest BCUT2D eigenvalue weighted by Crippen LogP contribution is -2.39. The van der Waals surface area contributed by atoms with Crippen molar-refractivity contribution >= 4 is 16.5 Å². The monoisotopic (exact) mass is 209 g/mol. The van der Waals surface area contributed by atoms with Crippen LogP contribution in [-0.4, -0.2) is 36.4 Å². The van der Waals surface area contributed by atoms with Gasteiger partial charge in [-0.25, -0.2) is 4.79 Å². The Morgan fingerprint density at radius 3 is 2.86 bits per heavy atom. The fourth-order valence-electron chi connectivity index (χ4n) is 0.870. The highest BCUT2D eigenvalue weighted by Gasteiger charge is 2.07. The van der Waals surface area contributed by atoms with Crippen LogP contribution < -0.4 is 16.0 Å². The molecule has 0 fully saturated rings. The Morgan fingerprint density at radius 2 is 2.29 bits per heavy atom. The standard InChI is InChI=1S/C7H7N3O3.Al.2H/c1-3-4-13-5-6(11)10(2)7(12)9-8-5;;;/h1H,4H2,2H3,(H,9,11,12);;;/q;+1;;/p-1. The average molecular weight is 209 g/mol. The molecule has 0 aromatic carbocycles. The predicted molar refractivity (Wildman–Crippen MR) is 52.0 cm³/mol. The van der Waals surface area contributed by atoms with Crippen LogP contribution >= 0.6 is 0 Å². The fraction of sp³-hybridized carbons (Fsp3) is 0.286. The van der Waals surface area contributed by atoms with Crippen LogP contribution in [0, 0.1) is 12.3 Å². The molecule has 1 aromatic heterocycles. The summed E-state index contributed by atoms with van der Waals surface area (Å²) in [4.78, 5) is 22.6. The van der Waals surface area contributed by atoms with Crippen LogP contribution in [0.4, 0.5) is 0 Å². The van der Waals surface area contributed by atoms with E-state index in [-0.39, 0.29) is 12.5 Å². The summed E-state index contributed by atoms with van der Waals surface area (Å²) in [7, 11) is 1.36. The van der Waals surface area contributed by atoms with Crippen LogP contribution in [-0.2, 0) is 7.05 Å². The third-order valence-electron chi connectivity index (χ3n) is 1.58. The molecular formula is C7H8AlN3O3. The minimum absolute atomic E-state index is 0.0397. The molecule has 0 amide bonds. The molecule has 0 aliphatic carbocycles. The lowest BCUT2D eigenvalue weighted by molar-refractivity contribution is 0.335. The van der Waals surface area contributed by atoms with E-state index in [9.17, 15) is 9.59 Å². The van der Waals surface area contributed by atoms with E-state index in [0.29, 0.717) is 16.5 Å². The molecule has 7 heteroatoms. The van der Waals surface area contributed by atoms with Crippen molar-refractivity contribution in [3.05, 3.63) is 20.8 Å². The zero-order valence-electron chi connectivity index (χ0n) is 7.85. The summed E-state index contributed by atoms with van der Waals surface area (Å²) in [5.74, 6) is 2.07. The van der Waals surface area contributed by atoms with Crippen molar-refractivity contribution in [1.82, 2.24) is 13.3 Å². The van der Waals surface area contributed by atoms with Gasteiger partial charge in [0.25, 0.3) is 5.88 Å². The molecule has 0 aliphatic rings. The van der Waals surface area contributed by atoms with Gasteiger partial charge in [0, 0.05) is 7.05 Å². The van der Waals surface area contributed by atoms with Gasteiger partial charge in [-0.15, -0.1) is 6.42 Å². The van der Waals surface area contributed by atoms with Crippen molar-refractivity contribution in [2.24, 2.45) is 7.05 Å². The first kappa shape index (κ1) is 10.6. The minimum Gasteiger partial charge on any atom is -0.460 e. The van der Waals surface area contributed by atoms with E-state index in [0.717, 1.165) is 8.23 Å². The summed E-state index contributed by atoms with van der Waals surface area (Å²) >= 11 is 0.382. The fourth-order valence-corrected chi connectivity index (χ4v) is 1.35. The van der Waals surface area contributed by atoms with Crippen molar-refractivity contribution in [3.63, 3.8) is 0 Å². The van der Waals surface area contributed by atoms with E-state index < -0.39 is 11.2 Å². The van der Waals surface area contributed by atoms with Crippen molar-refractivity contribution in [2.75, 3.05) is 6.61 Å². The Hall–Kier alpha value is -1.50. The highest BCUT2D eigenvalue weighted by Crippen LogP contribution is 1.91. The van der Waals surface area contributed by atoms with Crippen molar-refractivity contribution < 1.29 is 4.74 Å². The third kappa shape index (κ3) is 1.87. The highest BCUT2D eigenvalue weighted by atomic mass is 27.1. The van der Waals surface area contributed by atoms with Crippen LogP contribution in [0.5, 0.6) is 5.88 Å². The number of terminal acetylenes is 1. The Balaban J connectivity index is 3.28. The average Bonchev–Trinajstić information content (AvgIpc) is 2.18. The Morgan fingerprint density at radius 1 is 1.64 bits per heavy atom. The minimum atomic E-state index is -0.572. The van der Waals surface area contributed by atoms with Gasteiger partial charge in [0.05, 0.1) is 0 Å². The van der Waals surface area contributed by atoms with Crippen LogP contribution in [0.2, 0.25) is 0 Å². The van der Waals surface area contributed by atoms with Gasteiger partial charge in [0.1, 0.15) is 0 Å². The second kappa shape index (κ2) is 4.14.